The van der Waals surface area contributed by atoms with Crippen molar-refractivity contribution in [3.05, 3.63) is 29.3 Å². The van der Waals surface area contributed by atoms with E-state index >= 15 is 0 Å². The van der Waals surface area contributed by atoms with Crippen LogP contribution in [0.25, 0.3) is 0 Å². The maximum atomic E-state index is 11.7. The number of fused-ring (bicyclic) bond motifs is 1. The van der Waals surface area contributed by atoms with Crippen LogP contribution in [0.3, 0.4) is 0 Å². The lowest BCUT2D eigenvalue weighted by atomic mass is 9.84. The minimum absolute atomic E-state index is 0.0839. The summed E-state index contributed by atoms with van der Waals surface area (Å²) in [5.74, 6) is 0. The van der Waals surface area contributed by atoms with Gasteiger partial charge in [0.05, 0.1) is 11.1 Å². The largest absolute Gasteiger partial charge is 0.332 e. The SMILES string of the molecule is C[C@H]1c2cccc(S(C)(=O)=O)c2CCN1BC=O. The topological polar surface area (TPSA) is 54.5 Å². The van der Waals surface area contributed by atoms with Crippen LogP contribution in [-0.4, -0.2) is 39.6 Å². The Hall–Kier alpha value is -1.14. The second kappa shape index (κ2) is 4.86. The van der Waals surface area contributed by atoms with Crippen molar-refractivity contribution < 1.29 is 13.2 Å². The molecule has 0 amide bonds. The minimum atomic E-state index is -3.19. The average Bonchev–Trinajstić information content (AvgIpc) is 2.31. The molecule has 0 unspecified atom stereocenters. The maximum absolute atomic E-state index is 11.7. The van der Waals surface area contributed by atoms with Gasteiger partial charge in [-0.1, -0.05) is 12.1 Å². The van der Waals surface area contributed by atoms with Crippen LogP contribution in [-0.2, 0) is 21.1 Å². The Morgan fingerprint density at radius 1 is 1.44 bits per heavy atom. The molecule has 1 aromatic carbocycles. The molecule has 1 aliphatic heterocycles. The van der Waals surface area contributed by atoms with E-state index in [4.69, 9.17) is 0 Å². The van der Waals surface area contributed by atoms with Crippen LogP contribution >= 0.6 is 0 Å². The van der Waals surface area contributed by atoms with Crippen LogP contribution < -0.4 is 0 Å². The molecule has 6 heteroatoms. The van der Waals surface area contributed by atoms with E-state index in [1.165, 1.54) is 6.26 Å². The molecule has 1 atom stereocenters. The predicted octanol–water partition coefficient (Wildman–Crippen LogP) is 0.551. The molecule has 0 bridgehead atoms. The summed E-state index contributed by atoms with van der Waals surface area (Å²) in [6.45, 7) is 2.73. The van der Waals surface area contributed by atoms with Gasteiger partial charge in [-0.2, -0.15) is 0 Å². The standard InChI is InChI=1S/C12H16BNO3S/c1-9-10-4-3-5-12(18(2,16)17)11(10)6-7-14(9)13-8-15/h3-5,8-9,13H,6-7H2,1-2H3/t9-/m0/s1. The van der Waals surface area contributed by atoms with Gasteiger partial charge in [0, 0.05) is 12.3 Å². The number of rotatable bonds is 3. The fourth-order valence-electron chi connectivity index (χ4n) is 2.58. The lowest BCUT2D eigenvalue weighted by Crippen LogP contribution is -2.38. The number of hydrogen-bond acceptors (Lipinski definition) is 4. The van der Waals surface area contributed by atoms with Gasteiger partial charge in [0.15, 0.2) is 9.84 Å². The monoisotopic (exact) mass is 265 g/mol. The zero-order valence-electron chi connectivity index (χ0n) is 10.6. The molecule has 0 spiro atoms. The van der Waals surface area contributed by atoms with E-state index < -0.39 is 9.84 Å². The van der Waals surface area contributed by atoms with Gasteiger partial charge in [-0.3, -0.25) is 0 Å². The molecule has 1 aromatic rings. The van der Waals surface area contributed by atoms with Crippen LogP contribution in [0.1, 0.15) is 24.1 Å². The number of benzene rings is 1. The van der Waals surface area contributed by atoms with Crippen molar-refractivity contribution in [1.29, 1.82) is 0 Å². The number of sulfone groups is 1. The Morgan fingerprint density at radius 2 is 2.17 bits per heavy atom. The number of carbonyl (C=O) groups excluding carboxylic acids is 1. The van der Waals surface area contributed by atoms with Gasteiger partial charge in [-0.05, 0) is 37.1 Å². The molecule has 1 heterocycles. The number of nitrogens with zero attached hydrogens (tertiary/aromatic N) is 1. The Kier molecular flexibility index (Phi) is 3.59. The minimum Gasteiger partial charge on any atom is -0.332 e. The highest BCUT2D eigenvalue weighted by Gasteiger charge is 2.27. The van der Waals surface area contributed by atoms with Crippen LogP contribution in [0.15, 0.2) is 23.1 Å². The molecule has 0 radical (unpaired) electrons. The molecule has 0 fully saturated rings. The molecule has 0 saturated carbocycles. The summed E-state index contributed by atoms with van der Waals surface area (Å²) in [4.78, 5) is 13.1. The molecule has 0 N–H and O–H groups in total. The van der Waals surface area contributed by atoms with E-state index in [-0.39, 0.29) is 6.04 Å². The van der Waals surface area contributed by atoms with Gasteiger partial charge in [-0.25, -0.2) is 8.42 Å². The number of hydrogen-bond donors (Lipinski definition) is 0. The van der Waals surface area contributed by atoms with Crippen molar-refractivity contribution in [3.8, 4) is 0 Å². The Morgan fingerprint density at radius 3 is 2.78 bits per heavy atom. The highest BCUT2D eigenvalue weighted by molar-refractivity contribution is 7.90. The summed E-state index contributed by atoms with van der Waals surface area (Å²) in [5, 5.41) is 0. The van der Waals surface area contributed by atoms with Crippen molar-refractivity contribution in [2.45, 2.75) is 24.3 Å². The van der Waals surface area contributed by atoms with Crippen LogP contribution in [0.5, 0.6) is 0 Å². The van der Waals surface area contributed by atoms with Crippen molar-refractivity contribution in [2.75, 3.05) is 12.8 Å². The lowest BCUT2D eigenvalue weighted by Gasteiger charge is -2.34. The van der Waals surface area contributed by atoms with Gasteiger partial charge >= 0.3 is 0 Å². The first-order valence-electron chi connectivity index (χ1n) is 5.94. The Labute approximate surface area is 108 Å². The summed E-state index contributed by atoms with van der Waals surface area (Å²) < 4.78 is 23.5. The van der Waals surface area contributed by atoms with Gasteiger partial charge in [0.1, 0.15) is 0 Å². The molecule has 18 heavy (non-hydrogen) atoms. The molecule has 1 aliphatic rings. The van der Waals surface area contributed by atoms with Crippen LogP contribution in [0.2, 0.25) is 0 Å². The summed E-state index contributed by atoms with van der Waals surface area (Å²) in [6.07, 6.45) is 2.81. The van der Waals surface area contributed by atoms with Gasteiger partial charge in [-0.15, -0.1) is 0 Å². The van der Waals surface area contributed by atoms with Gasteiger partial charge < -0.3 is 9.61 Å². The molecule has 0 aromatic heterocycles. The molecule has 0 aliphatic carbocycles. The smallest absolute Gasteiger partial charge is 0.281 e. The van der Waals surface area contributed by atoms with Crippen LogP contribution in [0, 0.1) is 0 Å². The molecule has 4 nitrogen and oxygen atoms in total. The zero-order chi connectivity index (χ0) is 13.3. The molecule has 2 rings (SSSR count). The van der Waals surface area contributed by atoms with Crippen molar-refractivity contribution >= 4 is 23.4 Å². The summed E-state index contributed by atoms with van der Waals surface area (Å²) in [7, 11) is -2.79. The van der Waals surface area contributed by atoms with Gasteiger partial charge in [0.2, 0.25) is 0 Å². The van der Waals surface area contributed by atoms with E-state index in [0.717, 1.165) is 23.9 Å². The quantitative estimate of drug-likeness (QED) is 0.591. The summed E-state index contributed by atoms with van der Waals surface area (Å²) in [6, 6.07) is 5.47. The highest BCUT2D eigenvalue weighted by atomic mass is 32.2. The summed E-state index contributed by atoms with van der Waals surface area (Å²) >= 11 is 0. The molecular formula is C12H16BNO3S. The van der Waals surface area contributed by atoms with E-state index in [1.807, 2.05) is 13.0 Å². The first-order chi connectivity index (χ1) is 8.45. The second-order valence-corrected chi connectivity index (χ2v) is 6.67. The number of carbonyl (C=O) groups is 1. The molecular weight excluding hydrogens is 249 g/mol. The van der Waals surface area contributed by atoms with E-state index in [9.17, 15) is 13.2 Å². The third-order valence-electron chi connectivity index (χ3n) is 3.52. The average molecular weight is 265 g/mol. The predicted molar refractivity (Wildman–Crippen MR) is 72.3 cm³/mol. The fourth-order valence-corrected chi connectivity index (χ4v) is 3.57. The Bertz CT molecular complexity index is 571. The third-order valence-corrected chi connectivity index (χ3v) is 4.71. The van der Waals surface area contributed by atoms with Crippen molar-refractivity contribution in [1.82, 2.24) is 4.81 Å². The highest BCUT2D eigenvalue weighted by Crippen LogP contribution is 2.32. The van der Waals surface area contributed by atoms with Crippen molar-refractivity contribution in [2.24, 2.45) is 0 Å². The normalized spacial score (nSPS) is 20.2. The molecule has 96 valence electrons. The fraction of sp³-hybridized carbons (Fsp3) is 0.417. The second-order valence-electron chi connectivity index (χ2n) is 4.68. The van der Waals surface area contributed by atoms with E-state index in [2.05, 4.69) is 4.81 Å². The third kappa shape index (κ3) is 2.35. The van der Waals surface area contributed by atoms with Crippen LogP contribution in [0.4, 0.5) is 0 Å². The first kappa shape index (κ1) is 13.3. The zero-order valence-corrected chi connectivity index (χ0v) is 11.4. The van der Waals surface area contributed by atoms with E-state index in [0.29, 0.717) is 18.7 Å². The summed E-state index contributed by atoms with van der Waals surface area (Å²) in [5.41, 5.74) is 1.93. The first-order valence-corrected chi connectivity index (χ1v) is 7.84. The lowest BCUT2D eigenvalue weighted by molar-refractivity contribution is 0.340. The van der Waals surface area contributed by atoms with Crippen molar-refractivity contribution in [3.63, 3.8) is 0 Å². The van der Waals surface area contributed by atoms with Gasteiger partial charge in [0.25, 0.3) is 7.41 Å². The molecule has 0 saturated heterocycles. The maximum Gasteiger partial charge on any atom is 0.281 e. The van der Waals surface area contributed by atoms with E-state index in [1.54, 1.807) is 12.1 Å². The Balaban J connectivity index is 2.49.